The van der Waals surface area contributed by atoms with E-state index in [0.717, 1.165) is 17.1 Å². The molecule has 0 saturated heterocycles. The molecule has 2 heterocycles. The number of aromatic nitrogens is 2. The maximum Gasteiger partial charge on any atom is 0.137 e. The first-order valence-electron chi connectivity index (χ1n) is 7.32. The van der Waals surface area contributed by atoms with Crippen molar-refractivity contribution in [3.63, 3.8) is 0 Å². The van der Waals surface area contributed by atoms with Crippen LogP contribution < -0.4 is 10.5 Å². The smallest absolute Gasteiger partial charge is 0.137 e. The first kappa shape index (κ1) is 16.8. The molecule has 0 amide bonds. The van der Waals surface area contributed by atoms with Crippen LogP contribution in [0.15, 0.2) is 47.9 Å². The average Bonchev–Trinajstić information content (AvgIpc) is 2.51. The summed E-state index contributed by atoms with van der Waals surface area (Å²) in [5, 5.41) is 0. The molecule has 0 spiro atoms. The molecule has 0 radical (unpaired) electrons. The Morgan fingerprint density at radius 1 is 1.18 bits per heavy atom. The van der Waals surface area contributed by atoms with Crippen LogP contribution in [-0.2, 0) is 5.41 Å². The molecule has 118 valence electrons. The van der Waals surface area contributed by atoms with E-state index >= 15 is 0 Å². The van der Waals surface area contributed by atoms with E-state index in [-0.39, 0.29) is 11.5 Å². The van der Waals surface area contributed by atoms with Crippen LogP contribution in [0.25, 0.3) is 0 Å². The van der Waals surface area contributed by atoms with E-state index in [0.29, 0.717) is 6.61 Å². The van der Waals surface area contributed by atoms with Crippen molar-refractivity contribution < 1.29 is 4.74 Å². The van der Waals surface area contributed by atoms with Gasteiger partial charge in [-0.1, -0.05) is 20.8 Å². The molecule has 2 rings (SSSR count). The Morgan fingerprint density at radius 2 is 1.91 bits per heavy atom. The molecule has 0 aliphatic rings. The summed E-state index contributed by atoms with van der Waals surface area (Å²) in [7, 11) is 0. The molecule has 22 heavy (non-hydrogen) atoms. The summed E-state index contributed by atoms with van der Waals surface area (Å²) in [6, 6.07) is 5.97. The van der Waals surface area contributed by atoms with Gasteiger partial charge in [-0.25, -0.2) is 0 Å². The fourth-order valence-corrected chi connectivity index (χ4v) is 2.61. The summed E-state index contributed by atoms with van der Waals surface area (Å²) in [6.07, 6.45) is 7.19. The Kier molecular flexibility index (Phi) is 5.80. The summed E-state index contributed by atoms with van der Waals surface area (Å²) in [5.74, 6) is 1.58. The molecule has 0 bridgehead atoms. The molecule has 0 aliphatic carbocycles. The lowest BCUT2D eigenvalue weighted by atomic mass is 9.88. The largest absolute Gasteiger partial charge is 0.490 e. The molecule has 2 aromatic rings. The van der Waals surface area contributed by atoms with Crippen LogP contribution in [0.1, 0.15) is 26.3 Å². The van der Waals surface area contributed by atoms with Crippen LogP contribution >= 0.6 is 11.8 Å². The minimum Gasteiger partial charge on any atom is -0.490 e. The number of nitrogens with zero attached hydrogens (tertiary/aromatic N) is 2. The second kappa shape index (κ2) is 7.61. The number of thioether (sulfide) groups is 1. The van der Waals surface area contributed by atoms with Crippen LogP contribution in [-0.4, -0.2) is 28.4 Å². The summed E-state index contributed by atoms with van der Waals surface area (Å²) in [6.45, 7) is 6.95. The van der Waals surface area contributed by atoms with Crippen LogP contribution in [0.3, 0.4) is 0 Å². The molecule has 2 N–H and O–H groups in total. The van der Waals surface area contributed by atoms with Gasteiger partial charge in [0.1, 0.15) is 12.4 Å². The molecule has 5 heteroatoms. The molecule has 0 saturated carbocycles. The number of rotatable bonds is 6. The first-order chi connectivity index (χ1) is 10.4. The van der Waals surface area contributed by atoms with Gasteiger partial charge in [0.15, 0.2) is 0 Å². The van der Waals surface area contributed by atoms with Crippen molar-refractivity contribution in [3.8, 4) is 5.75 Å². The molecule has 0 aliphatic heterocycles. The van der Waals surface area contributed by atoms with Gasteiger partial charge in [0, 0.05) is 35.3 Å². The van der Waals surface area contributed by atoms with Crippen LogP contribution in [0.5, 0.6) is 5.75 Å². The number of nitrogens with two attached hydrogens (primary N) is 1. The predicted octanol–water partition coefficient (Wildman–Crippen LogP) is 3.27. The number of hydrogen-bond acceptors (Lipinski definition) is 5. The number of ether oxygens (including phenoxy) is 1. The second-order valence-electron chi connectivity index (χ2n) is 6.22. The maximum absolute atomic E-state index is 6.11. The zero-order chi connectivity index (χ0) is 16.0. The third kappa shape index (κ3) is 5.31. The highest BCUT2D eigenvalue weighted by Crippen LogP contribution is 2.24. The number of pyridine rings is 2. The lowest BCUT2D eigenvalue weighted by Gasteiger charge is -2.19. The highest BCUT2D eigenvalue weighted by molar-refractivity contribution is 7.99. The van der Waals surface area contributed by atoms with Crippen LogP contribution in [0.2, 0.25) is 0 Å². The van der Waals surface area contributed by atoms with Gasteiger partial charge in [-0.2, -0.15) is 0 Å². The standard InChI is InChI=1S/C17H23N3OS/c1-17(2,3)13-8-15(10-20-9-13)21-11-14(18)12-22-16-4-6-19-7-5-16/h4-10,14H,11-12,18H2,1-3H3/t14-/m1/s1. The van der Waals surface area contributed by atoms with Crippen LogP contribution in [0, 0.1) is 0 Å². The Hall–Kier alpha value is -1.59. The van der Waals surface area contributed by atoms with Crippen molar-refractivity contribution in [1.82, 2.24) is 9.97 Å². The second-order valence-corrected chi connectivity index (χ2v) is 7.32. The molecule has 4 nitrogen and oxygen atoms in total. The molecule has 1 atom stereocenters. The molecule has 0 fully saturated rings. The normalized spacial score (nSPS) is 12.9. The zero-order valence-corrected chi connectivity index (χ0v) is 14.1. The quantitative estimate of drug-likeness (QED) is 0.829. The average molecular weight is 317 g/mol. The fraction of sp³-hybridized carbons (Fsp3) is 0.412. The van der Waals surface area contributed by atoms with E-state index in [1.165, 1.54) is 4.90 Å². The van der Waals surface area contributed by atoms with Crippen molar-refractivity contribution in [2.75, 3.05) is 12.4 Å². The first-order valence-corrected chi connectivity index (χ1v) is 8.30. The SMILES string of the molecule is CC(C)(C)c1cncc(OC[C@@H](N)CSc2ccncc2)c1. The van der Waals surface area contributed by atoms with Crippen molar-refractivity contribution in [3.05, 3.63) is 48.5 Å². The van der Waals surface area contributed by atoms with Gasteiger partial charge in [0.05, 0.1) is 6.20 Å². The molecular formula is C17H23N3OS. The lowest BCUT2D eigenvalue weighted by Crippen LogP contribution is -2.30. The van der Waals surface area contributed by atoms with E-state index in [4.69, 9.17) is 10.5 Å². The Labute approximate surface area is 136 Å². The van der Waals surface area contributed by atoms with Crippen molar-refractivity contribution in [2.24, 2.45) is 5.73 Å². The van der Waals surface area contributed by atoms with Gasteiger partial charge in [0.25, 0.3) is 0 Å². The minimum atomic E-state index is -0.0311. The van der Waals surface area contributed by atoms with Gasteiger partial charge in [-0.3, -0.25) is 9.97 Å². The van der Waals surface area contributed by atoms with Crippen LogP contribution in [0.4, 0.5) is 0 Å². The maximum atomic E-state index is 6.11. The fourth-order valence-electron chi connectivity index (χ4n) is 1.80. The summed E-state index contributed by atoms with van der Waals surface area (Å²) in [5.41, 5.74) is 7.33. The molecular weight excluding hydrogens is 294 g/mol. The molecule has 0 aromatic carbocycles. The lowest BCUT2D eigenvalue weighted by molar-refractivity contribution is 0.296. The third-order valence-electron chi connectivity index (χ3n) is 3.16. The Bertz CT molecular complexity index is 584. The van der Waals surface area contributed by atoms with E-state index < -0.39 is 0 Å². The highest BCUT2D eigenvalue weighted by atomic mass is 32.2. The Balaban J connectivity index is 1.82. The molecule has 2 aromatic heterocycles. The topological polar surface area (TPSA) is 61.0 Å². The highest BCUT2D eigenvalue weighted by Gasteiger charge is 2.15. The minimum absolute atomic E-state index is 0.0311. The summed E-state index contributed by atoms with van der Waals surface area (Å²) >= 11 is 1.71. The van der Waals surface area contributed by atoms with Gasteiger partial charge >= 0.3 is 0 Å². The summed E-state index contributed by atoms with van der Waals surface area (Å²) < 4.78 is 5.78. The van der Waals surface area contributed by atoms with Crippen molar-refractivity contribution in [1.29, 1.82) is 0 Å². The van der Waals surface area contributed by atoms with Crippen molar-refractivity contribution >= 4 is 11.8 Å². The van der Waals surface area contributed by atoms with Gasteiger partial charge in [-0.15, -0.1) is 11.8 Å². The van der Waals surface area contributed by atoms with E-state index in [1.807, 2.05) is 24.4 Å². The number of hydrogen-bond donors (Lipinski definition) is 1. The summed E-state index contributed by atoms with van der Waals surface area (Å²) in [4.78, 5) is 9.41. The van der Waals surface area contributed by atoms with Gasteiger partial charge in [-0.05, 0) is 29.2 Å². The van der Waals surface area contributed by atoms with Crippen molar-refractivity contribution in [2.45, 2.75) is 37.1 Å². The monoisotopic (exact) mass is 317 g/mol. The van der Waals surface area contributed by atoms with E-state index in [1.54, 1.807) is 30.4 Å². The zero-order valence-electron chi connectivity index (χ0n) is 13.3. The Morgan fingerprint density at radius 3 is 2.59 bits per heavy atom. The third-order valence-corrected chi connectivity index (χ3v) is 4.36. The van der Waals surface area contributed by atoms with Gasteiger partial charge < -0.3 is 10.5 Å². The van der Waals surface area contributed by atoms with E-state index in [2.05, 4.69) is 30.7 Å². The van der Waals surface area contributed by atoms with E-state index in [9.17, 15) is 0 Å². The van der Waals surface area contributed by atoms with Gasteiger partial charge in [0.2, 0.25) is 0 Å². The predicted molar refractivity (Wildman–Crippen MR) is 91.4 cm³/mol. The molecule has 0 unspecified atom stereocenters.